The second-order valence-corrected chi connectivity index (χ2v) is 8.03. The van der Waals surface area contributed by atoms with E-state index in [1.807, 2.05) is 6.92 Å². The predicted molar refractivity (Wildman–Crippen MR) is 107 cm³/mol. The van der Waals surface area contributed by atoms with Gasteiger partial charge in [0.05, 0.1) is 23.0 Å². The Kier molecular flexibility index (Phi) is 4.16. The van der Waals surface area contributed by atoms with Crippen molar-refractivity contribution < 1.29 is 18.9 Å². The van der Waals surface area contributed by atoms with Crippen molar-refractivity contribution in [1.82, 2.24) is 5.01 Å². The maximum absolute atomic E-state index is 12.8. The summed E-state index contributed by atoms with van der Waals surface area (Å²) in [6.45, 7) is 1.83. The van der Waals surface area contributed by atoms with Crippen LogP contribution < -0.4 is 0 Å². The van der Waals surface area contributed by atoms with Crippen molar-refractivity contribution >= 4 is 23.7 Å². The number of carbonyl (C=O) groups is 2. The number of amides is 2. The van der Waals surface area contributed by atoms with Gasteiger partial charge in [-0.3, -0.25) is 19.7 Å². The molecule has 6 rings (SSSR count). The molecule has 2 aromatic rings. The maximum Gasteiger partial charge on any atom is 0.270 e. The van der Waals surface area contributed by atoms with Crippen molar-refractivity contribution in [1.29, 1.82) is 0 Å². The van der Waals surface area contributed by atoms with Crippen LogP contribution in [0, 0.1) is 40.7 Å². The van der Waals surface area contributed by atoms with E-state index in [1.165, 1.54) is 18.3 Å². The Morgan fingerprint density at radius 3 is 2.37 bits per heavy atom. The molecule has 4 atom stereocenters. The lowest BCUT2D eigenvalue weighted by molar-refractivity contribution is -0.384. The number of rotatable bonds is 4. The van der Waals surface area contributed by atoms with Crippen molar-refractivity contribution in [2.45, 2.75) is 19.8 Å². The molecule has 2 amide bonds. The van der Waals surface area contributed by atoms with E-state index in [0.29, 0.717) is 17.1 Å². The van der Waals surface area contributed by atoms with Crippen molar-refractivity contribution in [2.24, 2.45) is 28.8 Å². The lowest BCUT2D eigenvalue weighted by Crippen LogP contribution is -2.38. The van der Waals surface area contributed by atoms with E-state index >= 15 is 0 Å². The molecule has 30 heavy (non-hydrogen) atoms. The number of hydrazone groups is 1. The van der Waals surface area contributed by atoms with Gasteiger partial charge in [-0.15, -0.1) is 0 Å². The van der Waals surface area contributed by atoms with Gasteiger partial charge in [0.15, 0.2) is 0 Å². The van der Waals surface area contributed by atoms with E-state index in [1.54, 1.807) is 18.2 Å². The third-order valence-corrected chi connectivity index (χ3v) is 6.36. The molecule has 3 aliphatic carbocycles. The van der Waals surface area contributed by atoms with Crippen LogP contribution >= 0.6 is 0 Å². The first-order chi connectivity index (χ1) is 14.4. The number of furan rings is 1. The van der Waals surface area contributed by atoms with E-state index < -0.39 is 4.92 Å². The van der Waals surface area contributed by atoms with Crippen LogP contribution in [0.5, 0.6) is 0 Å². The van der Waals surface area contributed by atoms with Gasteiger partial charge in [-0.1, -0.05) is 18.2 Å². The molecule has 8 heteroatoms. The fraction of sp³-hybridized carbons (Fsp3) is 0.318. The molecule has 0 radical (unpaired) electrons. The lowest BCUT2D eigenvalue weighted by atomic mass is 9.63. The average molecular weight is 405 g/mol. The minimum atomic E-state index is -0.458. The zero-order valence-electron chi connectivity index (χ0n) is 16.2. The molecule has 1 aliphatic heterocycles. The van der Waals surface area contributed by atoms with Crippen LogP contribution in [-0.4, -0.2) is 28.0 Å². The highest BCUT2D eigenvalue weighted by Gasteiger charge is 2.56. The zero-order valence-corrected chi connectivity index (χ0v) is 16.2. The number of fused-ring (bicyclic) bond motifs is 1. The third-order valence-electron chi connectivity index (χ3n) is 6.36. The fourth-order valence-electron chi connectivity index (χ4n) is 4.84. The van der Waals surface area contributed by atoms with Gasteiger partial charge in [-0.2, -0.15) is 10.1 Å². The summed E-state index contributed by atoms with van der Waals surface area (Å²) in [6, 6.07) is 7.90. The van der Waals surface area contributed by atoms with Crippen LogP contribution in [-0.2, 0) is 9.59 Å². The summed E-state index contributed by atoms with van der Waals surface area (Å²) in [6.07, 6.45) is 7.34. The highest BCUT2D eigenvalue weighted by atomic mass is 16.6. The molecule has 1 saturated carbocycles. The first-order valence-electron chi connectivity index (χ1n) is 9.89. The number of nitro groups is 1. The Bertz CT molecular complexity index is 1100. The minimum absolute atomic E-state index is 0.0266. The Hall–Kier alpha value is -3.55. The van der Waals surface area contributed by atoms with Gasteiger partial charge >= 0.3 is 0 Å². The summed E-state index contributed by atoms with van der Waals surface area (Å²) in [5.74, 6) is -0.0769. The fourth-order valence-corrected chi connectivity index (χ4v) is 4.84. The zero-order chi connectivity index (χ0) is 21.0. The number of aryl methyl sites for hydroxylation is 1. The molecule has 2 bridgehead atoms. The van der Waals surface area contributed by atoms with Gasteiger partial charge in [0.1, 0.15) is 11.5 Å². The largest absolute Gasteiger partial charge is 0.455 e. The van der Waals surface area contributed by atoms with Gasteiger partial charge in [-0.25, -0.2) is 0 Å². The molecular formula is C22H19N3O5. The molecule has 4 unspecified atom stereocenters. The number of nitro benzene ring substituents is 1. The summed E-state index contributed by atoms with van der Waals surface area (Å²) in [4.78, 5) is 36.2. The topological polar surface area (TPSA) is 106 Å². The van der Waals surface area contributed by atoms with Gasteiger partial charge in [0, 0.05) is 17.7 Å². The van der Waals surface area contributed by atoms with Crippen LogP contribution in [0.25, 0.3) is 11.3 Å². The smallest absolute Gasteiger partial charge is 0.270 e. The molecule has 4 aliphatic rings. The van der Waals surface area contributed by atoms with E-state index in [4.69, 9.17) is 4.42 Å². The summed E-state index contributed by atoms with van der Waals surface area (Å²) in [7, 11) is 0. The molecule has 0 spiro atoms. The number of carbonyl (C=O) groups excluding carboxylic acids is 2. The standard InChI is InChI=1S/C22H19N3O5/c1-12-2-7-15(25(28)29)10-17(12)18-9-8-16(30-18)11-23-24-21(26)19-13-3-4-14(6-5-13)20(19)22(24)27/h2-4,7-11,13-14,19-20H,5-6H2,1H3. The summed E-state index contributed by atoms with van der Waals surface area (Å²) >= 11 is 0. The number of non-ortho nitro benzene ring substituents is 1. The lowest BCUT2D eigenvalue weighted by Gasteiger charge is -2.37. The molecule has 2 heterocycles. The second-order valence-electron chi connectivity index (χ2n) is 8.03. The van der Waals surface area contributed by atoms with Crippen molar-refractivity contribution in [2.75, 3.05) is 0 Å². The normalized spacial score (nSPS) is 27.3. The van der Waals surface area contributed by atoms with E-state index in [0.717, 1.165) is 23.4 Å². The van der Waals surface area contributed by atoms with Crippen LogP contribution in [0.3, 0.4) is 0 Å². The molecule has 2 fully saturated rings. The number of nitrogens with zero attached hydrogens (tertiary/aromatic N) is 3. The highest BCUT2D eigenvalue weighted by molar-refractivity contribution is 6.06. The Morgan fingerprint density at radius 1 is 1.10 bits per heavy atom. The molecule has 1 aromatic carbocycles. The number of imide groups is 1. The minimum Gasteiger partial charge on any atom is -0.455 e. The van der Waals surface area contributed by atoms with E-state index in [9.17, 15) is 19.7 Å². The van der Waals surface area contributed by atoms with Gasteiger partial charge in [0.25, 0.3) is 17.5 Å². The molecular weight excluding hydrogens is 386 g/mol. The van der Waals surface area contributed by atoms with Crippen LogP contribution in [0.1, 0.15) is 24.2 Å². The number of hydrogen-bond acceptors (Lipinski definition) is 6. The van der Waals surface area contributed by atoms with Gasteiger partial charge < -0.3 is 4.42 Å². The maximum atomic E-state index is 12.8. The SMILES string of the molecule is Cc1ccc([N+](=O)[O-])cc1-c1ccc(C=NN2C(=O)C3C4C=CC(CC4)C3C2=O)o1. The first-order valence-corrected chi connectivity index (χ1v) is 9.89. The molecule has 8 nitrogen and oxygen atoms in total. The van der Waals surface area contributed by atoms with Gasteiger partial charge in [0.2, 0.25) is 0 Å². The van der Waals surface area contributed by atoms with Crippen LogP contribution in [0.4, 0.5) is 5.69 Å². The third kappa shape index (κ3) is 2.79. The Labute approximate surface area is 172 Å². The van der Waals surface area contributed by atoms with E-state index in [-0.39, 0.29) is 41.2 Å². The number of allylic oxidation sites excluding steroid dienone is 2. The Balaban J connectivity index is 1.39. The van der Waals surface area contributed by atoms with E-state index in [2.05, 4.69) is 17.3 Å². The summed E-state index contributed by atoms with van der Waals surface area (Å²) in [5, 5.41) is 16.2. The summed E-state index contributed by atoms with van der Waals surface area (Å²) < 4.78 is 5.76. The molecule has 1 saturated heterocycles. The van der Waals surface area contributed by atoms with Crippen molar-refractivity contribution in [3.8, 4) is 11.3 Å². The predicted octanol–water partition coefficient (Wildman–Crippen LogP) is 3.69. The van der Waals surface area contributed by atoms with Crippen LogP contribution in [0.15, 0.2) is 52.0 Å². The number of benzene rings is 1. The van der Waals surface area contributed by atoms with Crippen molar-refractivity contribution in [3.63, 3.8) is 0 Å². The Morgan fingerprint density at radius 2 is 1.77 bits per heavy atom. The highest BCUT2D eigenvalue weighted by Crippen LogP contribution is 2.49. The van der Waals surface area contributed by atoms with Crippen molar-refractivity contribution in [3.05, 3.63) is 63.9 Å². The summed E-state index contributed by atoms with van der Waals surface area (Å²) in [5.41, 5.74) is 1.41. The quantitative estimate of drug-likeness (QED) is 0.254. The first kappa shape index (κ1) is 18.5. The monoisotopic (exact) mass is 405 g/mol. The van der Waals surface area contributed by atoms with Crippen LogP contribution in [0.2, 0.25) is 0 Å². The number of hydrogen-bond donors (Lipinski definition) is 0. The second kappa shape index (κ2) is 6.76. The molecule has 152 valence electrons. The average Bonchev–Trinajstić information content (AvgIpc) is 3.32. The molecule has 0 N–H and O–H groups in total. The molecule has 1 aromatic heterocycles. The van der Waals surface area contributed by atoms with Gasteiger partial charge in [-0.05, 0) is 49.3 Å².